The molecule has 4 aromatic rings. The average molecular weight is 479 g/mol. The van der Waals surface area contributed by atoms with E-state index in [4.69, 9.17) is 18.7 Å². The summed E-state index contributed by atoms with van der Waals surface area (Å²) in [5.74, 6) is -0.0588. The summed E-state index contributed by atoms with van der Waals surface area (Å²) in [6.45, 7) is 2.06. The van der Waals surface area contributed by atoms with Crippen molar-refractivity contribution in [2.24, 2.45) is 0 Å². The van der Waals surface area contributed by atoms with Crippen molar-refractivity contribution in [2.75, 3.05) is 31.2 Å². The lowest BCUT2D eigenvalue weighted by atomic mass is 10.1. The van der Waals surface area contributed by atoms with Gasteiger partial charge in [-0.3, -0.25) is 0 Å². The Hall–Kier alpha value is -3.98. The predicted octanol–water partition coefficient (Wildman–Crippen LogP) is 5.01. The third-order valence-corrected chi connectivity index (χ3v) is 5.51. The molecule has 0 N–H and O–H groups in total. The summed E-state index contributed by atoms with van der Waals surface area (Å²) >= 11 is 0. The zero-order valence-corrected chi connectivity index (χ0v) is 18.8. The summed E-state index contributed by atoms with van der Waals surface area (Å²) in [5.41, 5.74) is 1.14. The molecule has 2 heterocycles. The molecule has 0 amide bonds. The maximum absolute atomic E-state index is 14.7. The number of aromatic nitrogens is 2. The molecule has 0 aliphatic carbocycles. The second-order valence-electron chi connectivity index (χ2n) is 7.91. The predicted molar refractivity (Wildman–Crippen MR) is 124 cm³/mol. The second kappa shape index (κ2) is 10.5. The molecular formula is C26H23F2N3O4. The van der Waals surface area contributed by atoms with Crippen molar-refractivity contribution in [3.05, 3.63) is 89.8 Å². The van der Waals surface area contributed by atoms with Crippen molar-refractivity contribution >= 4 is 5.69 Å². The number of halogens is 2. The number of rotatable bonds is 8. The number of benzene rings is 3. The van der Waals surface area contributed by atoms with Crippen LogP contribution in [-0.2, 0) is 18.0 Å². The number of para-hydroxylation sites is 2. The molecule has 0 atom stereocenters. The first kappa shape index (κ1) is 22.8. The highest BCUT2D eigenvalue weighted by molar-refractivity contribution is 5.62. The molecule has 1 aromatic heterocycles. The van der Waals surface area contributed by atoms with Crippen molar-refractivity contribution < 1.29 is 27.5 Å². The molecule has 35 heavy (non-hydrogen) atoms. The van der Waals surface area contributed by atoms with E-state index in [1.54, 1.807) is 17.0 Å². The van der Waals surface area contributed by atoms with Crippen LogP contribution in [0.1, 0.15) is 11.5 Å². The Morgan fingerprint density at radius 1 is 0.829 bits per heavy atom. The second-order valence-corrected chi connectivity index (χ2v) is 7.91. The highest BCUT2D eigenvalue weighted by atomic mass is 19.1. The van der Waals surface area contributed by atoms with Gasteiger partial charge in [-0.25, -0.2) is 8.78 Å². The van der Waals surface area contributed by atoms with Gasteiger partial charge in [0, 0.05) is 18.7 Å². The molecule has 9 heteroatoms. The van der Waals surface area contributed by atoms with Crippen molar-refractivity contribution in [2.45, 2.75) is 13.2 Å². The van der Waals surface area contributed by atoms with Gasteiger partial charge in [-0.05, 0) is 29.8 Å². The molecule has 1 saturated heterocycles. The minimum atomic E-state index is -0.686. The van der Waals surface area contributed by atoms with E-state index in [1.807, 2.05) is 42.5 Å². The van der Waals surface area contributed by atoms with Crippen LogP contribution in [0.2, 0.25) is 0 Å². The van der Waals surface area contributed by atoms with E-state index >= 15 is 0 Å². The minimum Gasteiger partial charge on any atom is -0.485 e. The van der Waals surface area contributed by atoms with Gasteiger partial charge in [0.1, 0.15) is 23.9 Å². The van der Waals surface area contributed by atoms with Gasteiger partial charge < -0.3 is 23.6 Å². The van der Waals surface area contributed by atoms with E-state index in [0.717, 1.165) is 5.56 Å². The molecule has 1 aliphatic heterocycles. The van der Waals surface area contributed by atoms with Gasteiger partial charge in [0.05, 0.1) is 13.2 Å². The molecule has 7 nitrogen and oxygen atoms in total. The van der Waals surface area contributed by atoms with Crippen LogP contribution >= 0.6 is 0 Å². The Morgan fingerprint density at radius 3 is 2.14 bits per heavy atom. The lowest BCUT2D eigenvalue weighted by molar-refractivity contribution is 0.122. The smallest absolute Gasteiger partial charge is 0.264 e. The molecule has 0 radical (unpaired) electrons. The van der Waals surface area contributed by atoms with E-state index in [-0.39, 0.29) is 29.6 Å². The van der Waals surface area contributed by atoms with Gasteiger partial charge in [-0.15, -0.1) is 0 Å². The van der Waals surface area contributed by atoms with Gasteiger partial charge in [-0.1, -0.05) is 47.6 Å². The van der Waals surface area contributed by atoms with Crippen LogP contribution in [-0.4, -0.2) is 36.4 Å². The quantitative estimate of drug-likeness (QED) is 0.352. The molecular weight excluding hydrogens is 456 g/mol. The number of nitrogens with zero attached hydrogens (tertiary/aromatic N) is 3. The van der Waals surface area contributed by atoms with Crippen molar-refractivity contribution in [3.63, 3.8) is 0 Å². The molecule has 0 bridgehead atoms. The summed E-state index contributed by atoms with van der Waals surface area (Å²) in [5, 5.41) is 3.86. The van der Waals surface area contributed by atoms with Crippen molar-refractivity contribution in [3.8, 4) is 22.9 Å². The third-order valence-electron chi connectivity index (χ3n) is 5.51. The summed E-state index contributed by atoms with van der Waals surface area (Å²) in [6.07, 6.45) is 0. The topological polar surface area (TPSA) is 69.9 Å². The number of hydrogen-bond donors (Lipinski definition) is 0. The third kappa shape index (κ3) is 5.41. The molecule has 180 valence electrons. The first-order chi connectivity index (χ1) is 17.2. The monoisotopic (exact) mass is 479 g/mol. The first-order valence-electron chi connectivity index (χ1n) is 11.2. The average Bonchev–Trinajstić information content (AvgIpc) is 3.37. The lowest BCUT2D eigenvalue weighted by Gasteiger charge is -2.29. The van der Waals surface area contributed by atoms with Crippen LogP contribution in [0.25, 0.3) is 11.4 Å². The Morgan fingerprint density at radius 2 is 1.46 bits per heavy atom. The van der Waals surface area contributed by atoms with Gasteiger partial charge in [0.15, 0.2) is 18.1 Å². The van der Waals surface area contributed by atoms with Crippen LogP contribution in [0.5, 0.6) is 11.5 Å². The molecule has 5 rings (SSSR count). The highest BCUT2D eigenvalue weighted by Crippen LogP contribution is 2.30. The SMILES string of the molecule is Fc1cc(-c2noc(COc3ccccc3OCc3ccccc3)n2)cc(F)c1N1CCOCC1. The van der Waals surface area contributed by atoms with E-state index in [0.29, 0.717) is 44.4 Å². The summed E-state index contributed by atoms with van der Waals surface area (Å²) in [4.78, 5) is 5.86. The summed E-state index contributed by atoms with van der Waals surface area (Å²) < 4.78 is 51.7. The van der Waals surface area contributed by atoms with Crippen molar-refractivity contribution in [1.29, 1.82) is 0 Å². The van der Waals surface area contributed by atoms with Gasteiger partial charge in [0.25, 0.3) is 5.89 Å². The molecule has 1 aliphatic rings. The summed E-state index contributed by atoms with van der Waals surface area (Å²) in [7, 11) is 0. The van der Waals surface area contributed by atoms with E-state index in [2.05, 4.69) is 10.1 Å². The highest BCUT2D eigenvalue weighted by Gasteiger charge is 2.22. The molecule has 0 spiro atoms. The molecule has 0 saturated carbocycles. The summed E-state index contributed by atoms with van der Waals surface area (Å²) in [6, 6.07) is 19.4. The van der Waals surface area contributed by atoms with E-state index < -0.39 is 11.6 Å². The zero-order chi connectivity index (χ0) is 24.0. The van der Waals surface area contributed by atoms with Crippen LogP contribution in [0.3, 0.4) is 0 Å². The van der Waals surface area contributed by atoms with Crippen LogP contribution < -0.4 is 14.4 Å². The number of hydrogen-bond acceptors (Lipinski definition) is 7. The van der Waals surface area contributed by atoms with Gasteiger partial charge in [-0.2, -0.15) is 4.98 Å². The fourth-order valence-electron chi connectivity index (χ4n) is 3.78. The van der Waals surface area contributed by atoms with Crippen LogP contribution in [0, 0.1) is 11.6 Å². The van der Waals surface area contributed by atoms with Gasteiger partial charge in [0.2, 0.25) is 5.82 Å². The Kier molecular flexibility index (Phi) is 6.85. The standard InChI is InChI=1S/C26H23F2N3O4/c27-20-14-19(15-21(28)25(20)31-10-12-32-13-11-31)26-29-24(35-30-26)17-34-23-9-5-4-8-22(23)33-16-18-6-2-1-3-7-18/h1-9,14-15H,10-13,16-17H2. The van der Waals surface area contributed by atoms with E-state index in [9.17, 15) is 8.78 Å². The fraction of sp³-hybridized carbons (Fsp3) is 0.231. The lowest BCUT2D eigenvalue weighted by Crippen LogP contribution is -2.37. The minimum absolute atomic E-state index is 0.0322. The van der Waals surface area contributed by atoms with Crippen LogP contribution in [0.4, 0.5) is 14.5 Å². The molecule has 1 fully saturated rings. The number of morpholine rings is 1. The zero-order valence-electron chi connectivity index (χ0n) is 18.8. The normalized spacial score (nSPS) is 13.6. The van der Waals surface area contributed by atoms with Gasteiger partial charge >= 0.3 is 0 Å². The Labute approximate surface area is 200 Å². The Balaban J connectivity index is 1.26. The molecule has 3 aromatic carbocycles. The van der Waals surface area contributed by atoms with Crippen LogP contribution in [0.15, 0.2) is 71.3 Å². The Bertz CT molecular complexity index is 1250. The number of anilines is 1. The largest absolute Gasteiger partial charge is 0.485 e. The fourth-order valence-corrected chi connectivity index (χ4v) is 3.78. The maximum Gasteiger partial charge on any atom is 0.264 e. The maximum atomic E-state index is 14.7. The van der Waals surface area contributed by atoms with Crippen molar-refractivity contribution in [1.82, 2.24) is 10.1 Å². The molecule has 0 unspecified atom stereocenters. The first-order valence-corrected chi connectivity index (χ1v) is 11.2. The van der Waals surface area contributed by atoms with E-state index in [1.165, 1.54) is 12.1 Å². The number of ether oxygens (including phenoxy) is 3.